The van der Waals surface area contributed by atoms with Crippen LogP contribution in [0.15, 0.2) is 22.7 Å². The molecule has 1 amide bonds. The highest BCUT2D eigenvalue weighted by Crippen LogP contribution is 2.20. The van der Waals surface area contributed by atoms with Gasteiger partial charge in [0.1, 0.15) is 11.3 Å². The lowest BCUT2D eigenvalue weighted by Crippen LogP contribution is -2.14. The van der Waals surface area contributed by atoms with Crippen molar-refractivity contribution in [3.8, 4) is 0 Å². The van der Waals surface area contributed by atoms with Gasteiger partial charge >= 0.3 is 0 Å². The minimum Gasteiger partial charge on any atom is -0.361 e. The van der Waals surface area contributed by atoms with Gasteiger partial charge < -0.3 is 9.84 Å². The predicted octanol–water partition coefficient (Wildman–Crippen LogP) is 3.71. The molecule has 0 spiro atoms. The van der Waals surface area contributed by atoms with Crippen LogP contribution in [0.25, 0.3) is 0 Å². The van der Waals surface area contributed by atoms with E-state index in [1.165, 1.54) is 5.56 Å². The Labute approximate surface area is 125 Å². The Morgan fingerprint density at radius 3 is 2.79 bits per heavy atom. The summed E-state index contributed by atoms with van der Waals surface area (Å²) in [6.07, 6.45) is 0.672. The van der Waals surface area contributed by atoms with Gasteiger partial charge in [0.25, 0.3) is 5.91 Å². The zero-order valence-corrected chi connectivity index (χ0v) is 13.2. The van der Waals surface area contributed by atoms with Crippen LogP contribution >= 0.6 is 22.6 Å². The minimum atomic E-state index is -0.171. The number of amides is 1. The number of nitrogens with zero attached hydrogens (tertiary/aromatic N) is 1. The van der Waals surface area contributed by atoms with Crippen LogP contribution < -0.4 is 5.32 Å². The molecule has 0 aliphatic heterocycles. The predicted molar refractivity (Wildman–Crippen MR) is 82.5 cm³/mol. The summed E-state index contributed by atoms with van der Waals surface area (Å²) in [5.74, 6) is 0.381. The Morgan fingerprint density at radius 2 is 2.16 bits per heavy atom. The molecule has 1 aromatic carbocycles. The number of carbonyl (C=O) groups excluding carboxylic acids is 1. The Morgan fingerprint density at radius 1 is 1.42 bits per heavy atom. The number of carbonyl (C=O) groups is 1. The van der Waals surface area contributed by atoms with Crippen molar-refractivity contribution in [3.05, 3.63) is 44.4 Å². The van der Waals surface area contributed by atoms with Gasteiger partial charge in [-0.3, -0.25) is 4.79 Å². The summed E-state index contributed by atoms with van der Waals surface area (Å²) in [6.45, 7) is 5.73. The average molecular weight is 370 g/mol. The van der Waals surface area contributed by atoms with Crippen molar-refractivity contribution in [2.45, 2.75) is 27.2 Å². The van der Waals surface area contributed by atoms with Crippen molar-refractivity contribution in [2.75, 3.05) is 5.32 Å². The molecule has 0 unspecified atom stereocenters. The van der Waals surface area contributed by atoms with E-state index in [9.17, 15) is 4.79 Å². The fraction of sp³-hybridized carbons (Fsp3) is 0.286. The van der Waals surface area contributed by atoms with Crippen LogP contribution in [-0.4, -0.2) is 11.1 Å². The topological polar surface area (TPSA) is 55.1 Å². The molecule has 2 aromatic rings. The van der Waals surface area contributed by atoms with Gasteiger partial charge in [0.15, 0.2) is 0 Å². The number of nitrogens with one attached hydrogen (secondary N) is 1. The molecule has 0 radical (unpaired) electrons. The van der Waals surface area contributed by atoms with E-state index in [-0.39, 0.29) is 5.91 Å². The zero-order chi connectivity index (χ0) is 14.0. The molecule has 0 atom stereocenters. The molecule has 0 fully saturated rings. The second-order valence-corrected chi connectivity index (χ2v) is 5.49. The summed E-state index contributed by atoms with van der Waals surface area (Å²) in [5, 5.41) is 6.78. The molecule has 5 heteroatoms. The molecule has 19 heavy (non-hydrogen) atoms. The lowest BCUT2D eigenvalue weighted by molar-refractivity contribution is 0.102. The van der Waals surface area contributed by atoms with Crippen molar-refractivity contribution in [3.63, 3.8) is 0 Å². The van der Waals surface area contributed by atoms with Gasteiger partial charge in [-0.25, -0.2) is 0 Å². The number of halogens is 1. The first-order valence-electron chi connectivity index (χ1n) is 6.05. The van der Waals surface area contributed by atoms with E-state index in [1.54, 1.807) is 6.92 Å². The maximum atomic E-state index is 12.3. The van der Waals surface area contributed by atoms with Gasteiger partial charge in [-0.05, 0) is 60.6 Å². The third-order valence-corrected chi connectivity index (χ3v) is 4.09. The van der Waals surface area contributed by atoms with Crippen molar-refractivity contribution < 1.29 is 9.32 Å². The first-order valence-corrected chi connectivity index (χ1v) is 7.13. The number of aryl methyl sites for hydroxylation is 3. The monoisotopic (exact) mass is 370 g/mol. The van der Waals surface area contributed by atoms with Gasteiger partial charge in [0.05, 0.1) is 5.69 Å². The number of rotatable bonds is 3. The van der Waals surface area contributed by atoms with Crippen LogP contribution in [0.2, 0.25) is 0 Å². The molecular weight excluding hydrogens is 355 g/mol. The SMILES string of the molecule is CCc1noc(C)c1C(=O)Nc1ccc(C)c(I)c1. The Hall–Kier alpha value is -1.37. The van der Waals surface area contributed by atoms with E-state index >= 15 is 0 Å². The second kappa shape index (κ2) is 5.73. The molecule has 0 aliphatic rings. The van der Waals surface area contributed by atoms with Crippen molar-refractivity contribution in [1.29, 1.82) is 0 Å². The number of hydrogen-bond acceptors (Lipinski definition) is 3. The Balaban J connectivity index is 2.25. The molecule has 1 aromatic heterocycles. The molecule has 0 saturated heterocycles. The molecule has 0 bridgehead atoms. The van der Waals surface area contributed by atoms with E-state index in [0.29, 0.717) is 23.4 Å². The standard InChI is InChI=1S/C14H15IN2O2/c1-4-12-13(9(3)19-17-12)14(18)16-10-6-5-8(2)11(15)7-10/h5-7H,4H2,1-3H3,(H,16,18). The summed E-state index contributed by atoms with van der Waals surface area (Å²) < 4.78 is 6.19. The average Bonchev–Trinajstić information content (AvgIpc) is 2.75. The van der Waals surface area contributed by atoms with Gasteiger partial charge in [-0.2, -0.15) is 0 Å². The number of benzene rings is 1. The maximum absolute atomic E-state index is 12.3. The van der Waals surface area contributed by atoms with Crippen molar-refractivity contribution >= 4 is 34.2 Å². The quantitative estimate of drug-likeness (QED) is 0.839. The van der Waals surface area contributed by atoms with Crippen LogP contribution in [0.4, 0.5) is 5.69 Å². The fourth-order valence-corrected chi connectivity index (χ4v) is 2.33. The molecule has 4 nitrogen and oxygen atoms in total. The van der Waals surface area contributed by atoms with Gasteiger partial charge in [0.2, 0.25) is 0 Å². The van der Waals surface area contributed by atoms with E-state index in [1.807, 2.05) is 32.0 Å². The Bertz CT molecular complexity index is 620. The number of hydrogen-bond donors (Lipinski definition) is 1. The first kappa shape index (κ1) is 14.0. The largest absolute Gasteiger partial charge is 0.361 e. The molecule has 1 heterocycles. The number of aromatic nitrogens is 1. The van der Waals surface area contributed by atoms with Gasteiger partial charge in [-0.15, -0.1) is 0 Å². The third-order valence-electron chi connectivity index (χ3n) is 2.93. The minimum absolute atomic E-state index is 0.171. The zero-order valence-electron chi connectivity index (χ0n) is 11.1. The van der Waals surface area contributed by atoms with Crippen molar-refractivity contribution in [1.82, 2.24) is 5.16 Å². The maximum Gasteiger partial charge on any atom is 0.261 e. The van der Waals surface area contributed by atoms with Crippen LogP contribution in [-0.2, 0) is 6.42 Å². The lowest BCUT2D eigenvalue weighted by Gasteiger charge is -2.07. The summed E-state index contributed by atoms with van der Waals surface area (Å²) in [6, 6.07) is 5.82. The van der Waals surface area contributed by atoms with Gasteiger partial charge in [-0.1, -0.05) is 18.1 Å². The van der Waals surface area contributed by atoms with Crippen LogP contribution in [0.1, 0.15) is 34.3 Å². The molecule has 1 N–H and O–H groups in total. The van der Waals surface area contributed by atoms with Gasteiger partial charge in [0, 0.05) is 9.26 Å². The highest BCUT2D eigenvalue weighted by atomic mass is 127. The highest BCUT2D eigenvalue weighted by Gasteiger charge is 2.19. The highest BCUT2D eigenvalue weighted by molar-refractivity contribution is 14.1. The molecule has 0 aliphatic carbocycles. The van der Waals surface area contributed by atoms with E-state index in [0.717, 1.165) is 9.26 Å². The van der Waals surface area contributed by atoms with E-state index in [4.69, 9.17) is 4.52 Å². The summed E-state index contributed by atoms with van der Waals surface area (Å²) in [7, 11) is 0. The molecule has 0 saturated carbocycles. The Kier molecular flexibility index (Phi) is 4.24. The van der Waals surface area contributed by atoms with Crippen LogP contribution in [0, 0.1) is 17.4 Å². The normalized spacial score (nSPS) is 10.5. The summed E-state index contributed by atoms with van der Waals surface area (Å²) >= 11 is 2.25. The molecule has 2 rings (SSSR count). The first-order chi connectivity index (χ1) is 9.02. The van der Waals surface area contributed by atoms with Crippen LogP contribution in [0.5, 0.6) is 0 Å². The summed E-state index contributed by atoms with van der Waals surface area (Å²) in [4.78, 5) is 12.3. The second-order valence-electron chi connectivity index (χ2n) is 4.33. The summed E-state index contributed by atoms with van der Waals surface area (Å²) in [5.41, 5.74) is 3.20. The van der Waals surface area contributed by atoms with Crippen molar-refractivity contribution in [2.24, 2.45) is 0 Å². The third kappa shape index (κ3) is 2.97. The lowest BCUT2D eigenvalue weighted by atomic mass is 10.1. The van der Waals surface area contributed by atoms with E-state index in [2.05, 4.69) is 33.1 Å². The van der Waals surface area contributed by atoms with Crippen LogP contribution in [0.3, 0.4) is 0 Å². The smallest absolute Gasteiger partial charge is 0.261 e. The fourth-order valence-electron chi connectivity index (χ4n) is 1.81. The number of anilines is 1. The van der Waals surface area contributed by atoms with E-state index < -0.39 is 0 Å². The molecular formula is C14H15IN2O2. The molecule has 100 valence electrons.